The molecule has 1 fully saturated rings. The fourth-order valence-electron chi connectivity index (χ4n) is 3.13. The Morgan fingerprint density at radius 3 is 2.54 bits per heavy atom. The molecule has 4 rings (SSSR count). The van der Waals surface area contributed by atoms with Crippen molar-refractivity contribution in [3.8, 4) is 0 Å². The molecule has 0 unspecified atom stereocenters. The van der Waals surface area contributed by atoms with Gasteiger partial charge in [0, 0.05) is 22.3 Å². The summed E-state index contributed by atoms with van der Waals surface area (Å²) < 4.78 is 28.4. The molecular formula is C18H17BrN2O2S. The predicted molar refractivity (Wildman–Crippen MR) is 97.8 cm³/mol. The number of benzene rings is 1. The second-order valence-corrected chi connectivity index (χ2v) is 9.08. The van der Waals surface area contributed by atoms with Crippen molar-refractivity contribution in [2.75, 3.05) is 0 Å². The second-order valence-electron chi connectivity index (χ2n) is 6.35. The predicted octanol–water partition coefficient (Wildman–Crippen LogP) is 4.61. The lowest BCUT2D eigenvalue weighted by molar-refractivity contribution is 0.422. The van der Waals surface area contributed by atoms with Gasteiger partial charge in [-0.3, -0.25) is 0 Å². The van der Waals surface area contributed by atoms with Crippen LogP contribution in [-0.4, -0.2) is 17.4 Å². The van der Waals surface area contributed by atoms with Crippen molar-refractivity contribution in [3.05, 3.63) is 58.3 Å². The lowest BCUT2D eigenvalue weighted by atomic mass is 9.80. The fraction of sp³-hybridized carbons (Fsp3) is 0.278. The summed E-state index contributed by atoms with van der Waals surface area (Å²) in [7, 11) is -3.65. The number of hydrogen-bond donors (Lipinski definition) is 0. The first kappa shape index (κ1) is 15.8. The largest absolute Gasteiger partial charge is 0.269 e. The van der Waals surface area contributed by atoms with Crippen molar-refractivity contribution >= 4 is 37.0 Å². The van der Waals surface area contributed by atoms with E-state index in [0.29, 0.717) is 11.6 Å². The van der Waals surface area contributed by atoms with E-state index in [1.807, 2.05) is 25.1 Å². The van der Waals surface area contributed by atoms with Gasteiger partial charge in [-0.2, -0.15) is 0 Å². The second kappa shape index (κ2) is 5.70. The Morgan fingerprint density at radius 1 is 1.21 bits per heavy atom. The average molecular weight is 405 g/mol. The molecule has 0 N–H and O–H groups in total. The van der Waals surface area contributed by atoms with Gasteiger partial charge in [0.05, 0.1) is 4.90 Å². The van der Waals surface area contributed by atoms with Crippen LogP contribution in [0.15, 0.2) is 52.1 Å². The van der Waals surface area contributed by atoms with Crippen LogP contribution < -0.4 is 0 Å². The summed E-state index contributed by atoms with van der Waals surface area (Å²) in [6.07, 6.45) is 6.83. The molecule has 0 spiro atoms. The number of pyridine rings is 1. The van der Waals surface area contributed by atoms with Crippen LogP contribution in [0.1, 0.15) is 36.3 Å². The molecule has 1 aliphatic rings. The molecule has 0 amide bonds. The zero-order valence-corrected chi connectivity index (χ0v) is 15.6. The minimum Gasteiger partial charge on any atom is -0.236 e. The summed E-state index contributed by atoms with van der Waals surface area (Å²) >= 11 is 3.45. The molecule has 1 saturated carbocycles. The summed E-state index contributed by atoms with van der Waals surface area (Å²) in [6.45, 7) is 1.94. The number of fused-ring (bicyclic) bond motifs is 1. The SMILES string of the molecule is Cc1ccc(S(=O)(=O)n2cc(C3CCC3)c3cc(Br)cnc32)cc1. The maximum atomic E-state index is 13.1. The molecule has 0 aliphatic heterocycles. The van der Waals surface area contributed by atoms with Crippen LogP contribution in [0.3, 0.4) is 0 Å². The molecule has 2 aromatic heterocycles. The summed E-state index contributed by atoms with van der Waals surface area (Å²) in [4.78, 5) is 4.68. The lowest BCUT2D eigenvalue weighted by Gasteiger charge is -2.24. The highest BCUT2D eigenvalue weighted by Crippen LogP contribution is 2.41. The Bertz CT molecular complexity index is 1020. The number of aryl methyl sites for hydroxylation is 1. The first-order chi connectivity index (χ1) is 11.5. The minimum absolute atomic E-state index is 0.287. The normalized spacial score (nSPS) is 15.6. The van der Waals surface area contributed by atoms with E-state index < -0.39 is 10.0 Å². The van der Waals surface area contributed by atoms with Crippen LogP contribution >= 0.6 is 15.9 Å². The van der Waals surface area contributed by atoms with E-state index in [0.717, 1.165) is 33.8 Å². The van der Waals surface area contributed by atoms with Crippen LogP contribution in [-0.2, 0) is 10.0 Å². The van der Waals surface area contributed by atoms with Gasteiger partial charge in [-0.25, -0.2) is 17.4 Å². The number of nitrogens with zero attached hydrogens (tertiary/aromatic N) is 2. The molecule has 0 radical (unpaired) electrons. The van der Waals surface area contributed by atoms with Crippen molar-refractivity contribution in [1.82, 2.24) is 8.96 Å². The molecule has 1 aromatic carbocycles. The van der Waals surface area contributed by atoms with Crippen molar-refractivity contribution in [3.63, 3.8) is 0 Å². The third-order valence-electron chi connectivity index (χ3n) is 4.73. The van der Waals surface area contributed by atoms with Gasteiger partial charge in [-0.05, 0) is 65.4 Å². The monoisotopic (exact) mass is 404 g/mol. The van der Waals surface area contributed by atoms with E-state index in [2.05, 4.69) is 20.9 Å². The Hall–Kier alpha value is -1.66. The quantitative estimate of drug-likeness (QED) is 0.640. The summed E-state index contributed by atoms with van der Waals surface area (Å²) in [6, 6.07) is 8.90. The van der Waals surface area contributed by atoms with Gasteiger partial charge in [0.15, 0.2) is 5.65 Å². The van der Waals surface area contributed by atoms with Gasteiger partial charge in [0.25, 0.3) is 10.0 Å². The third-order valence-corrected chi connectivity index (χ3v) is 6.83. The summed E-state index contributed by atoms with van der Waals surface area (Å²) in [5, 5.41) is 0.921. The molecular weight excluding hydrogens is 388 g/mol. The maximum Gasteiger partial charge on any atom is 0.269 e. The van der Waals surface area contributed by atoms with Crippen molar-refractivity contribution < 1.29 is 8.42 Å². The van der Waals surface area contributed by atoms with Crippen LogP contribution in [0.25, 0.3) is 11.0 Å². The standard InChI is InChI=1S/C18H17BrN2O2S/c1-12-5-7-15(8-6-12)24(22,23)21-11-17(13-3-2-4-13)16-9-14(19)10-20-18(16)21/h5-11,13H,2-4H2,1H3. The maximum absolute atomic E-state index is 13.1. The fourth-order valence-corrected chi connectivity index (χ4v) is 4.79. The molecule has 1 aliphatic carbocycles. The summed E-state index contributed by atoms with van der Waals surface area (Å²) in [5.74, 6) is 0.429. The van der Waals surface area contributed by atoms with Crippen molar-refractivity contribution in [2.45, 2.75) is 37.0 Å². The molecule has 6 heteroatoms. The first-order valence-corrected chi connectivity index (χ1v) is 10.2. The molecule has 0 atom stereocenters. The summed E-state index contributed by atoms with van der Waals surface area (Å²) in [5.41, 5.74) is 2.62. The van der Waals surface area contributed by atoms with Gasteiger partial charge in [-0.1, -0.05) is 24.1 Å². The smallest absolute Gasteiger partial charge is 0.236 e. The lowest BCUT2D eigenvalue weighted by Crippen LogP contribution is -2.13. The topological polar surface area (TPSA) is 52.0 Å². The van der Waals surface area contributed by atoms with Crippen molar-refractivity contribution in [2.24, 2.45) is 0 Å². The number of halogens is 1. The van der Waals surface area contributed by atoms with Gasteiger partial charge in [-0.15, -0.1) is 0 Å². The minimum atomic E-state index is -3.65. The number of hydrogen-bond acceptors (Lipinski definition) is 3. The highest BCUT2D eigenvalue weighted by atomic mass is 79.9. The van der Waals surface area contributed by atoms with E-state index in [4.69, 9.17) is 0 Å². The molecule has 24 heavy (non-hydrogen) atoms. The first-order valence-electron chi connectivity index (χ1n) is 7.95. The van der Waals surface area contributed by atoms with Crippen LogP contribution in [0.5, 0.6) is 0 Å². The van der Waals surface area contributed by atoms with Crippen LogP contribution in [0, 0.1) is 6.92 Å². The third kappa shape index (κ3) is 2.48. The number of rotatable bonds is 3. The molecule has 0 bridgehead atoms. The van der Waals surface area contributed by atoms with Gasteiger partial charge in [0.2, 0.25) is 0 Å². The molecule has 3 aromatic rings. The van der Waals surface area contributed by atoms with Crippen LogP contribution in [0.4, 0.5) is 0 Å². The molecule has 2 heterocycles. The highest BCUT2D eigenvalue weighted by Gasteiger charge is 2.28. The van der Waals surface area contributed by atoms with E-state index in [9.17, 15) is 8.42 Å². The van der Waals surface area contributed by atoms with Gasteiger partial charge < -0.3 is 0 Å². The Morgan fingerprint density at radius 2 is 1.92 bits per heavy atom. The van der Waals surface area contributed by atoms with E-state index >= 15 is 0 Å². The number of aromatic nitrogens is 2. The van der Waals surface area contributed by atoms with E-state index in [1.165, 1.54) is 10.4 Å². The highest BCUT2D eigenvalue weighted by molar-refractivity contribution is 9.10. The van der Waals surface area contributed by atoms with Gasteiger partial charge >= 0.3 is 0 Å². The Balaban J connectivity index is 1.94. The molecule has 124 valence electrons. The molecule has 0 saturated heterocycles. The molecule has 4 nitrogen and oxygen atoms in total. The van der Waals surface area contributed by atoms with Crippen molar-refractivity contribution in [1.29, 1.82) is 0 Å². The van der Waals surface area contributed by atoms with Crippen LogP contribution in [0.2, 0.25) is 0 Å². The van der Waals surface area contributed by atoms with E-state index in [1.54, 1.807) is 24.5 Å². The Labute approximate surface area is 149 Å². The zero-order valence-electron chi connectivity index (χ0n) is 13.2. The Kier molecular flexibility index (Phi) is 3.77. The zero-order chi connectivity index (χ0) is 16.9. The average Bonchev–Trinajstić information content (AvgIpc) is 2.85. The van der Waals surface area contributed by atoms with Gasteiger partial charge in [0.1, 0.15) is 0 Å². The van der Waals surface area contributed by atoms with E-state index in [-0.39, 0.29) is 4.90 Å².